The molecule has 0 unspecified atom stereocenters. The van der Waals surface area contributed by atoms with E-state index in [4.69, 9.17) is 9.79 Å². The summed E-state index contributed by atoms with van der Waals surface area (Å²) in [6.07, 6.45) is 15.4. The van der Waals surface area contributed by atoms with Crippen LogP contribution in [0.25, 0.3) is 0 Å². The van der Waals surface area contributed by atoms with Crippen LogP contribution in [-0.2, 0) is 18.2 Å². The Bertz CT molecular complexity index is 451. The van der Waals surface area contributed by atoms with Crippen LogP contribution in [-0.4, -0.2) is 25.7 Å². The Labute approximate surface area is 150 Å². The standard InChI is InChI=1S/C15H30N3O3P.BrH/c1-17-15-18(14-16-17)12-10-8-6-4-2-3-5-7-9-11-13-22(19,20)21;/h14-15H,2-13H2,1H3,(H-,19,20,21);1H. The summed E-state index contributed by atoms with van der Waals surface area (Å²) < 4.78 is 14.6. The molecule has 0 atom stereocenters. The molecular formula is C15H31BrN3O3P. The van der Waals surface area contributed by atoms with E-state index < -0.39 is 7.60 Å². The predicted octanol–water partition coefficient (Wildman–Crippen LogP) is -0.210. The fourth-order valence-electron chi connectivity index (χ4n) is 2.56. The quantitative estimate of drug-likeness (QED) is 0.267. The number of unbranched alkanes of at least 4 members (excludes halogenated alkanes) is 9. The average molecular weight is 412 g/mol. The second-order valence-electron chi connectivity index (χ2n) is 6.08. The molecule has 0 spiro atoms. The summed E-state index contributed by atoms with van der Waals surface area (Å²) in [4.78, 5) is 17.5. The van der Waals surface area contributed by atoms with Crippen molar-refractivity contribution in [1.82, 2.24) is 9.78 Å². The summed E-state index contributed by atoms with van der Waals surface area (Å²) in [7, 11) is -1.84. The number of aryl methyl sites for hydroxylation is 2. The zero-order valence-corrected chi connectivity index (χ0v) is 16.6. The number of halogens is 1. The minimum Gasteiger partial charge on any atom is -1.00 e. The van der Waals surface area contributed by atoms with Gasteiger partial charge in [0.15, 0.2) is 0 Å². The molecule has 0 saturated carbocycles. The Hall–Kier alpha value is -0.230. The summed E-state index contributed by atoms with van der Waals surface area (Å²) in [5.74, 6) is 0. The van der Waals surface area contributed by atoms with Gasteiger partial charge in [-0.2, -0.15) is 0 Å². The van der Waals surface area contributed by atoms with E-state index in [1.807, 2.05) is 24.4 Å². The van der Waals surface area contributed by atoms with Gasteiger partial charge in [0.2, 0.25) is 6.33 Å². The number of hydrogen-bond acceptors (Lipinski definition) is 2. The average Bonchev–Trinajstić information content (AvgIpc) is 2.84. The minimum atomic E-state index is -3.77. The number of nitrogens with zero attached hydrogens (tertiary/aromatic N) is 3. The first kappa shape index (κ1) is 22.8. The van der Waals surface area contributed by atoms with Gasteiger partial charge in [0.1, 0.15) is 0 Å². The zero-order valence-electron chi connectivity index (χ0n) is 14.1. The normalized spacial score (nSPS) is 11.4. The molecule has 0 aliphatic heterocycles. The maximum absolute atomic E-state index is 10.7. The van der Waals surface area contributed by atoms with Crippen molar-refractivity contribution in [3.8, 4) is 0 Å². The van der Waals surface area contributed by atoms with Gasteiger partial charge in [0.25, 0.3) is 6.33 Å². The zero-order chi connectivity index (χ0) is 16.3. The molecule has 0 aliphatic carbocycles. The summed E-state index contributed by atoms with van der Waals surface area (Å²) in [6.45, 7) is 1.05. The lowest BCUT2D eigenvalue weighted by molar-refractivity contribution is -0.698. The van der Waals surface area contributed by atoms with E-state index >= 15 is 0 Å². The first-order valence-corrected chi connectivity index (χ1v) is 10.2. The van der Waals surface area contributed by atoms with Crippen molar-refractivity contribution in [1.29, 1.82) is 0 Å². The molecule has 0 radical (unpaired) electrons. The SMILES string of the molecule is Cn1c[n+](CCCCCCCCCCCCP(=O)(O)O)cn1.[Br-]. The van der Waals surface area contributed by atoms with E-state index in [0.29, 0.717) is 6.42 Å². The van der Waals surface area contributed by atoms with Crippen molar-refractivity contribution in [3.63, 3.8) is 0 Å². The van der Waals surface area contributed by atoms with Gasteiger partial charge in [-0.25, -0.2) is 4.57 Å². The molecule has 1 rings (SSSR count). The van der Waals surface area contributed by atoms with Crippen LogP contribution >= 0.6 is 7.60 Å². The number of rotatable bonds is 13. The second kappa shape index (κ2) is 13.1. The van der Waals surface area contributed by atoms with Crippen LogP contribution in [0, 0.1) is 0 Å². The third-order valence-electron chi connectivity index (χ3n) is 3.81. The molecule has 0 aromatic carbocycles. The summed E-state index contributed by atoms with van der Waals surface area (Å²) in [5, 5.41) is 4.14. The van der Waals surface area contributed by atoms with Gasteiger partial charge in [-0.3, -0.25) is 4.57 Å². The summed E-state index contributed by atoms with van der Waals surface area (Å²) >= 11 is 0. The lowest BCUT2D eigenvalue weighted by Crippen LogP contribution is -3.00. The molecule has 2 N–H and O–H groups in total. The highest BCUT2D eigenvalue weighted by Crippen LogP contribution is 2.35. The van der Waals surface area contributed by atoms with E-state index in [0.717, 1.165) is 19.4 Å². The molecule has 0 aliphatic rings. The molecule has 0 saturated heterocycles. The Morgan fingerprint density at radius 2 is 1.43 bits per heavy atom. The number of hydrogen-bond donors (Lipinski definition) is 2. The molecule has 6 nitrogen and oxygen atoms in total. The van der Waals surface area contributed by atoms with Crippen LogP contribution in [0.4, 0.5) is 0 Å². The van der Waals surface area contributed by atoms with E-state index in [1.165, 1.54) is 44.9 Å². The third kappa shape index (κ3) is 13.9. The predicted molar refractivity (Wildman–Crippen MR) is 86.5 cm³/mol. The van der Waals surface area contributed by atoms with Crippen molar-refractivity contribution < 1.29 is 35.9 Å². The monoisotopic (exact) mass is 411 g/mol. The van der Waals surface area contributed by atoms with E-state index in [2.05, 4.69) is 9.67 Å². The Morgan fingerprint density at radius 3 is 1.87 bits per heavy atom. The molecule has 0 amide bonds. The van der Waals surface area contributed by atoms with Gasteiger partial charge in [-0.15, -0.1) is 4.68 Å². The van der Waals surface area contributed by atoms with Crippen molar-refractivity contribution in [2.24, 2.45) is 7.05 Å². The first-order chi connectivity index (χ1) is 10.5. The van der Waals surface area contributed by atoms with Crippen molar-refractivity contribution in [2.75, 3.05) is 6.16 Å². The molecule has 0 fully saturated rings. The molecular weight excluding hydrogens is 381 g/mol. The van der Waals surface area contributed by atoms with E-state index in [1.54, 1.807) is 0 Å². The highest BCUT2D eigenvalue weighted by Gasteiger charge is 2.10. The molecule has 1 aromatic rings. The lowest BCUT2D eigenvalue weighted by atomic mass is 10.1. The molecule has 23 heavy (non-hydrogen) atoms. The van der Waals surface area contributed by atoms with Gasteiger partial charge < -0.3 is 26.8 Å². The van der Waals surface area contributed by atoms with Crippen molar-refractivity contribution in [3.05, 3.63) is 12.7 Å². The van der Waals surface area contributed by atoms with Crippen LogP contribution < -0.4 is 21.5 Å². The van der Waals surface area contributed by atoms with Crippen LogP contribution in [0.1, 0.15) is 64.2 Å². The van der Waals surface area contributed by atoms with E-state index in [9.17, 15) is 4.57 Å². The largest absolute Gasteiger partial charge is 1.00 e. The number of aromatic nitrogens is 3. The lowest BCUT2D eigenvalue weighted by Gasteiger charge is -2.04. The van der Waals surface area contributed by atoms with E-state index in [-0.39, 0.29) is 23.1 Å². The first-order valence-electron chi connectivity index (χ1n) is 8.40. The van der Waals surface area contributed by atoms with Gasteiger partial charge >= 0.3 is 7.60 Å². The smallest absolute Gasteiger partial charge is 0.325 e. The van der Waals surface area contributed by atoms with Crippen LogP contribution in [0.5, 0.6) is 0 Å². The van der Waals surface area contributed by atoms with Gasteiger partial charge in [-0.1, -0.05) is 51.4 Å². The van der Waals surface area contributed by atoms with Crippen molar-refractivity contribution >= 4 is 7.60 Å². The Morgan fingerprint density at radius 1 is 0.957 bits per heavy atom. The maximum atomic E-state index is 10.7. The van der Waals surface area contributed by atoms with Gasteiger partial charge in [0, 0.05) is 11.3 Å². The van der Waals surface area contributed by atoms with Gasteiger partial charge in [-0.05, 0) is 12.8 Å². The molecule has 1 heterocycles. The minimum absolute atomic E-state index is 0. The van der Waals surface area contributed by atoms with Crippen molar-refractivity contribution in [2.45, 2.75) is 70.8 Å². The fraction of sp³-hybridized carbons (Fsp3) is 0.867. The highest BCUT2D eigenvalue weighted by atomic mass is 79.9. The molecule has 0 bridgehead atoms. The molecule has 8 heteroatoms. The summed E-state index contributed by atoms with van der Waals surface area (Å²) in [6, 6.07) is 0. The highest BCUT2D eigenvalue weighted by molar-refractivity contribution is 7.51. The Balaban J connectivity index is 0.00000484. The second-order valence-corrected chi connectivity index (χ2v) is 7.86. The fourth-order valence-corrected chi connectivity index (χ4v) is 3.20. The van der Waals surface area contributed by atoms with Crippen LogP contribution in [0.3, 0.4) is 0 Å². The Kier molecular flexibility index (Phi) is 13.0. The third-order valence-corrected chi connectivity index (χ3v) is 4.71. The maximum Gasteiger partial charge on any atom is 0.325 e. The topological polar surface area (TPSA) is 79.2 Å². The van der Waals surface area contributed by atoms with Crippen LogP contribution in [0.15, 0.2) is 12.7 Å². The van der Waals surface area contributed by atoms with Gasteiger partial charge in [0.05, 0.1) is 13.6 Å². The molecule has 136 valence electrons. The summed E-state index contributed by atoms with van der Waals surface area (Å²) in [5.41, 5.74) is 0. The molecule has 1 aromatic heterocycles. The van der Waals surface area contributed by atoms with Crippen LogP contribution in [0.2, 0.25) is 0 Å².